The quantitative estimate of drug-likeness (QED) is 0.623. The van der Waals surface area contributed by atoms with Crippen LogP contribution in [0, 0.1) is 11.3 Å². The third-order valence-electron chi connectivity index (χ3n) is 6.72. The van der Waals surface area contributed by atoms with Gasteiger partial charge in [0.15, 0.2) is 0 Å². The monoisotopic (exact) mass is 483 g/mol. The Morgan fingerprint density at radius 1 is 0.941 bits per heavy atom. The molecule has 0 aromatic heterocycles. The standard InChI is InChI=1S/C25H33N5O3S/c1-27-10-3-11-29(15-12-27)23-5-4-21(19-26)22(18-23)20-28-13-16-30(17-14-28)34(31,32)25-8-6-24(33-2)7-9-25/h4-9,18H,3,10-17,20H2,1-2H3. The average molecular weight is 484 g/mol. The molecule has 2 aromatic rings. The summed E-state index contributed by atoms with van der Waals surface area (Å²) in [5.41, 5.74) is 2.85. The van der Waals surface area contributed by atoms with Crippen molar-refractivity contribution in [3.8, 4) is 11.8 Å². The number of nitrogens with zero attached hydrogens (tertiary/aromatic N) is 5. The second-order valence-corrected chi connectivity index (χ2v) is 10.9. The van der Waals surface area contributed by atoms with Crippen molar-refractivity contribution in [1.82, 2.24) is 14.1 Å². The number of nitriles is 1. The minimum Gasteiger partial charge on any atom is -0.497 e. The fourth-order valence-electron chi connectivity index (χ4n) is 4.59. The molecule has 2 fully saturated rings. The predicted molar refractivity (Wildman–Crippen MR) is 133 cm³/mol. The van der Waals surface area contributed by atoms with Crippen LogP contribution in [0.3, 0.4) is 0 Å². The van der Waals surface area contributed by atoms with Crippen molar-refractivity contribution in [2.24, 2.45) is 0 Å². The van der Waals surface area contributed by atoms with Crippen LogP contribution < -0.4 is 9.64 Å². The molecule has 0 spiro atoms. The fraction of sp³-hybridized carbons (Fsp3) is 0.480. The third-order valence-corrected chi connectivity index (χ3v) is 8.63. The summed E-state index contributed by atoms with van der Waals surface area (Å²) >= 11 is 0. The Labute approximate surface area is 203 Å². The molecule has 2 heterocycles. The van der Waals surface area contributed by atoms with E-state index in [2.05, 4.69) is 33.9 Å². The van der Waals surface area contributed by atoms with E-state index in [-0.39, 0.29) is 4.90 Å². The van der Waals surface area contributed by atoms with Crippen LogP contribution in [0.2, 0.25) is 0 Å². The van der Waals surface area contributed by atoms with Crippen LogP contribution in [-0.2, 0) is 16.6 Å². The van der Waals surface area contributed by atoms with Crippen molar-refractivity contribution in [1.29, 1.82) is 5.26 Å². The van der Waals surface area contributed by atoms with Crippen LogP contribution in [0.4, 0.5) is 5.69 Å². The van der Waals surface area contributed by atoms with Gasteiger partial charge >= 0.3 is 0 Å². The number of anilines is 1. The highest BCUT2D eigenvalue weighted by atomic mass is 32.2. The molecule has 0 unspecified atom stereocenters. The molecular formula is C25H33N5O3S. The highest BCUT2D eigenvalue weighted by Gasteiger charge is 2.29. The van der Waals surface area contributed by atoms with E-state index in [0.717, 1.165) is 43.9 Å². The predicted octanol–water partition coefficient (Wildman–Crippen LogP) is 2.22. The van der Waals surface area contributed by atoms with Gasteiger partial charge in [-0.1, -0.05) is 0 Å². The zero-order valence-electron chi connectivity index (χ0n) is 20.0. The summed E-state index contributed by atoms with van der Waals surface area (Å²) in [6, 6.07) is 15.0. The second kappa shape index (κ2) is 10.7. The van der Waals surface area contributed by atoms with Crippen LogP contribution in [-0.4, -0.2) is 89.0 Å². The molecule has 0 saturated carbocycles. The number of benzene rings is 2. The van der Waals surface area contributed by atoms with Crippen molar-refractivity contribution in [3.05, 3.63) is 53.6 Å². The molecule has 0 radical (unpaired) electrons. The molecule has 34 heavy (non-hydrogen) atoms. The van der Waals surface area contributed by atoms with Crippen molar-refractivity contribution < 1.29 is 13.2 Å². The number of sulfonamides is 1. The first-order chi connectivity index (χ1) is 16.4. The van der Waals surface area contributed by atoms with Crippen molar-refractivity contribution in [3.63, 3.8) is 0 Å². The molecule has 2 saturated heterocycles. The Hall–Kier alpha value is -2.64. The molecule has 0 N–H and O–H groups in total. The van der Waals surface area contributed by atoms with Crippen molar-refractivity contribution >= 4 is 15.7 Å². The van der Waals surface area contributed by atoms with Gasteiger partial charge in [-0.15, -0.1) is 0 Å². The van der Waals surface area contributed by atoms with Gasteiger partial charge in [0, 0.05) is 58.0 Å². The summed E-state index contributed by atoms with van der Waals surface area (Å²) in [4.78, 5) is 7.26. The Kier molecular flexibility index (Phi) is 7.73. The topological polar surface area (TPSA) is 80.1 Å². The van der Waals surface area contributed by atoms with Crippen molar-refractivity contribution in [2.45, 2.75) is 17.9 Å². The lowest BCUT2D eigenvalue weighted by Gasteiger charge is -2.34. The lowest BCUT2D eigenvalue weighted by molar-refractivity contribution is 0.181. The van der Waals surface area contributed by atoms with Gasteiger partial charge in [-0.2, -0.15) is 9.57 Å². The molecule has 0 aliphatic carbocycles. The summed E-state index contributed by atoms with van der Waals surface area (Å²) in [5.74, 6) is 0.631. The maximum atomic E-state index is 13.0. The lowest BCUT2D eigenvalue weighted by Crippen LogP contribution is -2.48. The number of hydrogen-bond donors (Lipinski definition) is 0. The lowest BCUT2D eigenvalue weighted by atomic mass is 10.1. The number of piperazine rings is 1. The molecule has 2 aliphatic heterocycles. The number of likely N-dealkylation sites (N-methyl/N-ethyl adjacent to an activating group) is 1. The molecule has 9 heteroatoms. The Bertz CT molecular complexity index is 1120. The summed E-state index contributed by atoms with van der Waals surface area (Å²) in [6.45, 7) is 6.85. The van der Waals surface area contributed by atoms with Gasteiger partial charge in [0.1, 0.15) is 5.75 Å². The van der Waals surface area contributed by atoms with E-state index >= 15 is 0 Å². The molecule has 8 nitrogen and oxygen atoms in total. The number of ether oxygens (including phenoxy) is 1. The molecule has 0 atom stereocenters. The van der Waals surface area contributed by atoms with Crippen LogP contribution in [0.25, 0.3) is 0 Å². The van der Waals surface area contributed by atoms with Gasteiger partial charge in [-0.05, 0) is 68.0 Å². The largest absolute Gasteiger partial charge is 0.497 e. The first-order valence-corrected chi connectivity index (χ1v) is 13.2. The Morgan fingerprint density at radius 3 is 2.35 bits per heavy atom. The normalized spacial score (nSPS) is 18.9. The van der Waals surface area contributed by atoms with Gasteiger partial charge in [0.2, 0.25) is 10.0 Å². The van der Waals surface area contributed by atoms with E-state index in [0.29, 0.717) is 44.0 Å². The Balaban J connectivity index is 1.41. The van der Waals surface area contributed by atoms with Gasteiger partial charge < -0.3 is 14.5 Å². The molecule has 2 aliphatic rings. The summed E-state index contributed by atoms with van der Waals surface area (Å²) in [7, 11) is 0.176. The van der Waals surface area contributed by atoms with Crippen LogP contribution in [0.15, 0.2) is 47.4 Å². The van der Waals surface area contributed by atoms with E-state index in [1.807, 2.05) is 12.1 Å². The highest BCUT2D eigenvalue weighted by molar-refractivity contribution is 7.89. The van der Waals surface area contributed by atoms with Crippen LogP contribution in [0.5, 0.6) is 5.75 Å². The van der Waals surface area contributed by atoms with E-state index in [1.165, 1.54) is 0 Å². The molecule has 4 rings (SSSR count). The van der Waals surface area contributed by atoms with Gasteiger partial charge in [0.25, 0.3) is 0 Å². The van der Waals surface area contributed by atoms with E-state index in [9.17, 15) is 13.7 Å². The summed E-state index contributed by atoms with van der Waals surface area (Å²) in [6.07, 6.45) is 1.12. The number of methoxy groups -OCH3 is 1. The van der Waals surface area contributed by atoms with Gasteiger partial charge in [0.05, 0.1) is 23.6 Å². The first kappa shape index (κ1) is 24.5. The van der Waals surface area contributed by atoms with E-state index in [4.69, 9.17) is 4.74 Å². The smallest absolute Gasteiger partial charge is 0.243 e. The minimum absolute atomic E-state index is 0.282. The van der Waals surface area contributed by atoms with Gasteiger partial charge in [-0.25, -0.2) is 8.42 Å². The second-order valence-electron chi connectivity index (χ2n) is 8.95. The molecule has 182 valence electrons. The van der Waals surface area contributed by atoms with Crippen LogP contribution in [0.1, 0.15) is 17.5 Å². The number of rotatable bonds is 6. The molecule has 0 bridgehead atoms. The fourth-order valence-corrected chi connectivity index (χ4v) is 6.01. The highest BCUT2D eigenvalue weighted by Crippen LogP contribution is 2.24. The summed E-state index contributed by atoms with van der Waals surface area (Å²) < 4.78 is 32.7. The maximum Gasteiger partial charge on any atom is 0.243 e. The first-order valence-electron chi connectivity index (χ1n) is 11.7. The molecule has 0 amide bonds. The average Bonchev–Trinajstić information content (AvgIpc) is 3.08. The van der Waals surface area contributed by atoms with Crippen molar-refractivity contribution in [2.75, 3.05) is 71.4 Å². The Morgan fingerprint density at radius 2 is 1.68 bits per heavy atom. The number of hydrogen-bond acceptors (Lipinski definition) is 7. The third kappa shape index (κ3) is 5.53. The van der Waals surface area contributed by atoms with E-state index in [1.54, 1.807) is 35.7 Å². The molecule has 2 aromatic carbocycles. The minimum atomic E-state index is -3.54. The van der Waals surface area contributed by atoms with E-state index < -0.39 is 10.0 Å². The zero-order valence-corrected chi connectivity index (χ0v) is 20.8. The summed E-state index contributed by atoms with van der Waals surface area (Å²) in [5, 5.41) is 9.66. The van der Waals surface area contributed by atoms with Crippen LogP contribution >= 0.6 is 0 Å². The SMILES string of the molecule is COc1ccc(S(=O)(=O)N2CCN(Cc3cc(N4CCCN(C)CC4)ccc3C#N)CC2)cc1. The zero-order chi connectivity index (χ0) is 24.1. The molecular weight excluding hydrogens is 450 g/mol. The van der Waals surface area contributed by atoms with Gasteiger partial charge in [-0.3, -0.25) is 4.90 Å². The maximum absolute atomic E-state index is 13.0.